The minimum absolute atomic E-state index is 0.305. The highest BCUT2D eigenvalue weighted by molar-refractivity contribution is 6.30. The van der Waals surface area contributed by atoms with Gasteiger partial charge in [-0.2, -0.15) is 0 Å². The molecule has 0 N–H and O–H groups in total. The second-order valence-corrected chi connectivity index (χ2v) is 35.9. The summed E-state index contributed by atoms with van der Waals surface area (Å²) in [6.45, 7) is 8.25. The molecule has 0 aromatic heterocycles. The van der Waals surface area contributed by atoms with Crippen LogP contribution < -0.4 is 19.6 Å². The van der Waals surface area contributed by atoms with Gasteiger partial charge in [-0.1, -0.05) is 388 Å². The number of rotatable bonds is 20. The standard InChI is InChI=1S/C68H50F2N2.C64H42F2N2/c1-43-19-11-15-27-51(43)55-37-41-61(67(69)65(55)53-29-17-13-21-45(53)3)71(49-23-7-5-8-24-49)59-39-33-47-32-36-58-60(40-34-48-31-35-57(59)63(47)64(48)58)72(50-25-9-6-10-26-50)62-42-38-56(52-28-16-12-20-44(52)2)66(68(62)70)54-30-18-14-22-46(54)4;65-63-57(41-37-51(43-19-7-1-8-20-43)61(63)45-23-11-3-12-24-45)67(49-27-15-5-16-28-49)55-39-33-47-32-36-54-56(40-34-48-31-35-53(55)59(47)60(48)54)68(50-29-17-6-18-30-50)58-42-38-52(44-21-9-2-10-22-44)62(64(58)66)46-25-13-4-14-26-46/h5-42H,1-4H3;1-42H. The van der Waals surface area contributed by atoms with Crippen molar-refractivity contribution < 1.29 is 17.6 Å². The van der Waals surface area contributed by atoms with E-state index in [0.29, 0.717) is 45.0 Å². The first-order valence-electron chi connectivity index (χ1n) is 47.5. The number of hydrogen-bond acceptors (Lipinski definition) is 4. The van der Waals surface area contributed by atoms with Crippen molar-refractivity contribution >= 4 is 133 Å². The summed E-state index contributed by atoms with van der Waals surface area (Å²) in [4.78, 5) is 8.24. The molecule has 0 aliphatic carbocycles. The summed E-state index contributed by atoms with van der Waals surface area (Å²) in [5.74, 6) is -1.24. The second-order valence-electron chi connectivity index (χ2n) is 35.9. The molecule has 24 aromatic carbocycles. The van der Waals surface area contributed by atoms with Gasteiger partial charge in [-0.05, 0) is 257 Å². The number of aryl methyl sites for hydroxylation is 4. The number of anilines is 12. The number of halogens is 4. The third kappa shape index (κ3) is 15.3. The first-order valence-corrected chi connectivity index (χ1v) is 47.5. The van der Waals surface area contributed by atoms with Crippen LogP contribution >= 0.6 is 0 Å². The first kappa shape index (κ1) is 86.4. The predicted molar refractivity (Wildman–Crippen MR) is 581 cm³/mol. The molecule has 0 saturated carbocycles. The van der Waals surface area contributed by atoms with Gasteiger partial charge in [0.05, 0.1) is 45.5 Å². The third-order valence-corrected chi connectivity index (χ3v) is 27.7. The summed E-state index contributed by atoms with van der Waals surface area (Å²) >= 11 is 0. The van der Waals surface area contributed by atoms with Gasteiger partial charge in [0.15, 0.2) is 23.3 Å². The van der Waals surface area contributed by atoms with Crippen molar-refractivity contribution in [2.45, 2.75) is 27.7 Å². The van der Waals surface area contributed by atoms with Crippen molar-refractivity contribution in [2.24, 2.45) is 0 Å². The third-order valence-electron chi connectivity index (χ3n) is 27.7. The fourth-order valence-electron chi connectivity index (χ4n) is 21.1. The summed E-state index contributed by atoms with van der Waals surface area (Å²) in [6, 6.07) is 163. The van der Waals surface area contributed by atoms with Crippen LogP contribution in [0.2, 0.25) is 0 Å². The summed E-state index contributed by atoms with van der Waals surface area (Å²) in [5.41, 5.74) is 25.2. The van der Waals surface area contributed by atoms with E-state index in [9.17, 15) is 0 Å². The Morgan fingerprint density at radius 3 is 0.586 bits per heavy atom. The molecule has 0 heterocycles. The van der Waals surface area contributed by atoms with Gasteiger partial charge < -0.3 is 19.6 Å². The molecule has 8 heteroatoms. The molecule has 0 aliphatic heterocycles. The Hall–Kier alpha value is -17.7. The van der Waals surface area contributed by atoms with E-state index in [4.69, 9.17) is 0 Å². The highest BCUT2D eigenvalue weighted by Gasteiger charge is 2.33. The molecular formula is C132H92F4N4. The lowest BCUT2D eigenvalue weighted by atomic mass is 9.88. The van der Waals surface area contributed by atoms with Gasteiger partial charge in [-0.25, -0.2) is 17.6 Å². The van der Waals surface area contributed by atoms with Crippen LogP contribution in [0.5, 0.6) is 0 Å². The summed E-state index contributed by atoms with van der Waals surface area (Å²) < 4.78 is 72.7. The largest absolute Gasteiger partial charge is 0.307 e. The average Bonchev–Trinajstić information content (AvgIpc) is 0.718. The van der Waals surface area contributed by atoms with Crippen LogP contribution in [0.1, 0.15) is 22.3 Å². The molecule has 4 nitrogen and oxygen atoms in total. The summed E-state index contributed by atoms with van der Waals surface area (Å²) in [6.07, 6.45) is 0. The maximum absolute atomic E-state index is 18.4. The van der Waals surface area contributed by atoms with Gasteiger partial charge in [0.2, 0.25) is 0 Å². The molecule has 0 saturated heterocycles. The van der Waals surface area contributed by atoms with Crippen LogP contribution in [0, 0.1) is 51.0 Å². The monoisotopic (exact) mass is 1810 g/mol. The van der Waals surface area contributed by atoms with Crippen LogP contribution in [-0.2, 0) is 0 Å². The van der Waals surface area contributed by atoms with E-state index >= 15 is 17.6 Å². The normalized spacial score (nSPS) is 11.4. The SMILES string of the molecule is Cc1ccccc1-c1ccc(N(c2ccccc2)c2ccc3ccc4c(N(c5ccccc5)c5ccc(-c6ccccc6C)c(-c6ccccc6C)c5F)ccc5ccc2c3c54)c(F)c1-c1ccccc1C.Fc1c(N(c2ccccc2)c2ccc3ccc4c(N(c5ccccc5)c5ccc(-c6ccccc6)c(-c6ccccc6)c5F)ccc5ccc2c3c54)ccc(-c2ccccc2)c1-c1ccccc1. The van der Waals surface area contributed by atoms with Crippen molar-refractivity contribution in [3.8, 4) is 89.0 Å². The Morgan fingerprint density at radius 2 is 0.336 bits per heavy atom. The number of hydrogen-bond donors (Lipinski definition) is 0. The molecule has 24 rings (SSSR count). The molecule has 0 amide bonds. The van der Waals surface area contributed by atoms with Crippen LogP contribution in [0.4, 0.5) is 85.8 Å². The minimum Gasteiger partial charge on any atom is -0.307 e. The van der Waals surface area contributed by atoms with Crippen molar-refractivity contribution in [1.82, 2.24) is 0 Å². The molecule has 0 fully saturated rings. The highest BCUT2D eigenvalue weighted by Crippen LogP contribution is 2.56. The second kappa shape index (κ2) is 36.8. The highest BCUT2D eigenvalue weighted by atomic mass is 19.1. The Labute approximate surface area is 812 Å². The maximum atomic E-state index is 18.4. The van der Waals surface area contributed by atoms with Crippen LogP contribution in [0.15, 0.2) is 485 Å². The van der Waals surface area contributed by atoms with Gasteiger partial charge >= 0.3 is 0 Å². The zero-order valence-corrected chi connectivity index (χ0v) is 77.5. The molecule has 140 heavy (non-hydrogen) atoms. The summed E-state index contributed by atoms with van der Waals surface area (Å²) in [5, 5.41) is 12.2. The van der Waals surface area contributed by atoms with E-state index in [2.05, 4.69) is 157 Å². The molecule has 0 atom stereocenters. The average molecular weight is 1810 g/mol. The van der Waals surface area contributed by atoms with Crippen LogP contribution in [0.25, 0.3) is 154 Å². The molecule has 0 radical (unpaired) electrons. The lowest BCUT2D eigenvalue weighted by Crippen LogP contribution is -2.14. The number of benzene rings is 24. The summed E-state index contributed by atoms with van der Waals surface area (Å²) in [7, 11) is 0. The van der Waals surface area contributed by atoms with E-state index in [-0.39, 0.29) is 23.3 Å². The Kier molecular flexibility index (Phi) is 22.7. The fraction of sp³-hybridized carbons (Fsp3) is 0.0303. The fourth-order valence-corrected chi connectivity index (χ4v) is 21.1. The van der Waals surface area contributed by atoms with E-state index < -0.39 is 0 Å². The van der Waals surface area contributed by atoms with Gasteiger partial charge in [-0.3, -0.25) is 0 Å². The lowest BCUT2D eigenvalue weighted by Gasteiger charge is -2.31. The van der Waals surface area contributed by atoms with E-state index in [1.165, 1.54) is 0 Å². The first-order chi connectivity index (χ1) is 68.9. The Bertz CT molecular complexity index is 8260. The van der Waals surface area contributed by atoms with Crippen molar-refractivity contribution in [1.29, 1.82) is 0 Å². The topological polar surface area (TPSA) is 13.0 Å². The smallest absolute Gasteiger partial charge is 0.155 e. The van der Waals surface area contributed by atoms with Crippen molar-refractivity contribution in [3.05, 3.63) is 531 Å². The zero-order chi connectivity index (χ0) is 94.6. The molecule has 0 spiro atoms. The molecule has 0 aliphatic rings. The quantitative estimate of drug-likeness (QED) is 0.0557. The van der Waals surface area contributed by atoms with E-state index in [0.717, 1.165) is 199 Å². The lowest BCUT2D eigenvalue weighted by molar-refractivity contribution is 0.632. The number of nitrogens with zero attached hydrogens (tertiary/aromatic N) is 4. The molecule has 0 bridgehead atoms. The zero-order valence-electron chi connectivity index (χ0n) is 77.5. The van der Waals surface area contributed by atoms with Gasteiger partial charge in [0.25, 0.3) is 0 Å². The Morgan fingerprint density at radius 1 is 0.143 bits per heavy atom. The minimum atomic E-state index is -0.317. The molecule has 668 valence electrons. The molecular weight excluding hydrogens is 1720 g/mol. The van der Waals surface area contributed by atoms with E-state index in [1.807, 2.05) is 375 Å². The van der Waals surface area contributed by atoms with Gasteiger partial charge in [-0.15, -0.1) is 0 Å². The van der Waals surface area contributed by atoms with Gasteiger partial charge in [0.1, 0.15) is 0 Å². The van der Waals surface area contributed by atoms with Crippen LogP contribution in [-0.4, -0.2) is 0 Å². The Balaban J connectivity index is 0.000000156. The van der Waals surface area contributed by atoms with Crippen molar-refractivity contribution in [3.63, 3.8) is 0 Å². The van der Waals surface area contributed by atoms with Crippen molar-refractivity contribution in [2.75, 3.05) is 19.6 Å². The maximum Gasteiger partial charge on any atom is 0.155 e. The molecule has 24 aromatic rings. The molecule has 0 unspecified atom stereocenters. The van der Waals surface area contributed by atoms with E-state index in [1.54, 1.807) is 0 Å². The van der Waals surface area contributed by atoms with Gasteiger partial charge in [0, 0.05) is 66.5 Å². The van der Waals surface area contributed by atoms with Crippen LogP contribution in [0.3, 0.4) is 0 Å². The number of para-hydroxylation sites is 4. The predicted octanol–water partition coefficient (Wildman–Crippen LogP) is 38.2.